The molecule has 0 aliphatic heterocycles. The molecule has 3 atom stereocenters. The Kier molecular flexibility index (Phi) is 2.42. The van der Waals surface area contributed by atoms with Crippen molar-refractivity contribution in [1.82, 2.24) is 9.78 Å². The number of rotatable bonds is 2. The topological polar surface area (TPSA) is 53.1 Å². The fraction of sp³-hybridized carbons (Fsp3) is 0.462. The molecule has 1 heterocycles. The van der Waals surface area contributed by atoms with Crippen LogP contribution in [0.4, 0.5) is 5.69 Å². The molecule has 4 heteroatoms. The summed E-state index contributed by atoms with van der Waals surface area (Å²) in [6, 6.07) is 0. The van der Waals surface area contributed by atoms with Gasteiger partial charge < -0.3 is 10.5 Å². The lowest BCUT2D eigenvalue weighted by atomic mass is 9.91. The first-order chi connectivity index (χ1) is 8.24. The number of ether oxygens (including phenoxy) is 1. The highest BCUT2D eigenvalue weighted by molar-refractivity contribution is 5.46. The first kappa shape index (κ1) is 10.4. The molecule has 17 heavy (non-hydrogen) atoms. The lowest BCUT2D eigenvalue weighted by Gasteiger charge is -2.21. The van der Waals surface area contributed by atoms with Gasteiger partial charge in [0.1, 0.15) is 11.8 Å². The van der Waals surface area contributed by atoms with Gasteiger partial charge in [-0.1, -0.05) is 24.3 Å². The van der Waals surface area contributed by atoms with Gasteiger partial charge >= 0.3 is 0 Å². The van der Waals surface area contributed by atoms with Crippen LogP contribution in [0.1, 0.15) is 12.8 Å². The largest absolute Gasteiger partial charge is 0.471 e. The monoisotopic (exact) mass is 231 g/mol. The smallest absolute Gasteiger partial charge is 0.256 e. The number of fused-ring (bicyclic) bond motifs is 1. The summed E-state index contributed by atoms with van der Waals surface area (Å²) < 4.78 is 7.64. The first-order valence-corrected chi connectivity index (χ1v) is 6.05. The molecule has 0 radical (unpaired) electrons. The highest BCUT2D eigenvalue weighted by Crippen LogP contribution is 2.38. The molecule has 0 saturated heterocycles. The quantitative estimate of drug-likeness (QED) is 0.845. The molecular formula is C13H17N3O. The molecule has 0 unspecified atom stereocenters. The summed E-state index contributed by atoms with van der Waals surface area (Å²) in [5.74, 6) is 1.66. The fourth-order valence-electron chi connectivity index (χ4n) is 2.77. The Morgan fingerprint density at radius 3 is 2.94 bits per heavy atom. The highest BCUT2D eigenvalue weighted by Gasteiger charge is 2.35. The zero-order valence-corrected chi connectivity index (χ0v) is 9.91. The van der Waals surface area contributed by atoms with Crippen molar-refractivity contribution in [2.75, 3.05) is 5.73 Å². The Labute approximate surface area is 101 Å². The third-order valence-corrected chi connectivity index (χ3v) is 3.60. The molecule has 90 valence electrons. The van der Waals surface area contributed by atoms with Crippen molar-refractivity contribution in [1.29, 1.82) is 0 Å². The Balaban J connectivity index is 1.76. The summed E-state index contributed by atoms with van der Waals surface area (Å²) in [7, 11) is 1.85. The van der Waals surface area contributed by atoms with Crippen LogP contribution in [0, 0.1) is 11.8 Å². The number of aryl methyl sites for hydroxylation is 1. The average molecular weight is 231 g/mol. The van der Waals surface area contributed by atoms with Crippen molar-refractivity contribution < 1.29 is 4.74 Å². The van der Waals surface area contributed by atoms with Gasteiger partial charge in [-0.25, -0.2) is 0 Å². The van der Waals surface area contributed by atoms with Crippen LogP contribution < -0.4 is 10.5 Å². The molecule has 1 aromatic heterocycles. The summed E-state index contributed by atoms with van der Waals surface area (Å²) in [4.78, 5) is 0. The van der Waals surface area contributed by atoms with E-state index in [1.165, 1.54) is 6.42 Å². The van der Waals surface area contributed by atoms with Gasteiger partial charge in [-0.3, -0.25) is 4.68 Å². The van der Waals surface area contributed by atoms with Crippen LogP contribution in [0.3, 0.4) is 0 Å². The molecular weight excluding hydrogens is 214 g/mol. The van der Waals surface area contributed by atoms with Crippen molar-refractivity contribution >= 4 is 5.69 Å². The van der Waals surface area contributed by atoms with Crippen LogP contribution in [0.2, 0.25) is 0 Å². The van der Waals surface area contributed by atoms with E-state index in [1.54, 1.807) is 10.9 Å². The predicted octanol–water partition coefficient (Wildman–Crippen LogP) is 1.90. The van der Waals surface area contributed by atoms with Crippen molar-refractivity contribution in [3.8, 4) is 5.88 Å². The van der Waals surface area contributed by atoms with E-state index in [2.05, 4.69) is 29.4 Å². The van der Waals surface area contributed by atoms with E-state index >= 15 is 0 Å². The highest BCUT2D eigenvalue weighted by atomic mass is 16.5. The Morgan fingerprint density at radius 2 is 2.18 bits per heavy atom. The standard InChI is InChI=1S/C13H17N3O/c1-16-8-11(14)13(15-16)17-12-7-6-9-4-2-3-5-10(9)12/h2-5,8-10,12H,6-7,14H2,1H3/t9-,10+,12+/m0/s1. The summed E-state index contributed by atoms with van der Waals surface area (Å²) in [6.07, 6.45) is 13.0. The molecule has 0 bridgehead atoms. The minimum absolute atomic E-state index is 0.207. The van der Waals surface area contributed by atoms with Gasteiger partial charge in [-0.05, 0) is 18.8 Å². The van der Waals surface area contributed by atoms with Crippen LogP contribution >= 0.6 is 0 Å². The van der Waals surface area contributed by atoms with Crippen molar-refractivity contribution in [3.05, 3.63) is 30.5 Å². The van der Waals surface area contributed by atoms with Crippen LogP contribution in [0.15, 0.2) is 30.5 Å². The average Bonchev–Trinajstić information content (AvgIpc) is 2.85. The number of nitrogens with two attached hydrogens (primary N) is 1. The summed E-state index contributed by atoms with van der Waals surface area (Å²) in [5.41, 5.74) is 6.46. The van der Waals surface area contributed by atoms with E-state index in [1.807, 2.05) is 7.05 Å². The minimum Gasteiger partial charge on any atom is -0.471 e. The van der Waals surface area contributed by atoms with Gasteiger partial charge in [0.15, 0.2) is 0 Å². The maximum Gasteiger partial charge on any atom is 0.256 e. The fourth-order valence-corrected chi connectivity index (χ4v) is 2.77. The minimum atomic E-state index is 0.207. The van der Waals surface area contributed by atoms with Crippen molar-refractivity contribution in [3.63, 3.8) is 0 Å². The lowest BCUT2D eigenvalue weighted by molar-refractivity contribution is 0.165. The molecule has 2 aliphatic carbocycles. The molecule has 0 spiro atoms. The van der Waals surface area contributed by atoms with Gasteiger partial charge in [0.05, 0.1) is 6.20 Å². The normalized spacial score (nSPS) is 30.5. The van der Waals surface area contributed by atoms with E-state index < -0.39 is 0 Å². The summed E-state index contributed by atoms with van der Waals surface area (Å²) in [6.45, 7) is 0. The van der Waals surface area contributed by atoms with Crippen LogP contribution in [-0.4, -0.2) is 15.9 Å². The number of hydrogen-bond donors (Lipinski definition) is 1. The van der Waals surface area contributed by atoms with Crippen LogP contribution in [0.5, 0.6) is 5.88 Å². The van der Waals surface area contributed by atoms with E-state index in [-0.39, 0.29) is 6.10 Å². The zero-order valence-electron chi connectivity index (χ0n) is 9.91. The third-order valence-electron chi connectivity index (χ3n) is 3.60. The van der Waals surface area contributed by atoms with Gasteiger partial charge in [-0.2, -0.15) is 0 Å². The lowest BCUT2D eigenvalue weighted by Crippen LogP contribution is -2.24. The predicted molar refractivity (Wildman–Crippen MR) is 66.5 cm³/mol. The second kappa shape index (κ2) is 3.95. The maximum atomic E-state index is 5.95. The first-order valence-electron chi connectivity index (χ1n) is 6.05. The van der Waals surface area contributed by atoms with Crippen LogP contribution in [0.25, 0.3) is 0 Å². The molecule has 1 aromatic rings. The second-order valence-electron chi connectivity index (χ2n) is 4.81. The van der Waals surface area contributed by atoms with Gasteiger partial charge in [0.25, 0.3) is 5.88 Å². The Hall–Kier alpha value is -1.71. The molecule has 3 rings (SSSR count). The van der Waals surface area contributed by atoms with E-state index in [0.29, 0.717) is 23.4 Å². The molecule has 1 saturated carbocycles. The van der Waals surface area contributed by atoms with Crippen LogP contribution in [-0.2, 0) is 7.05 Å². The second-order valence-corrected chi connectivity index (χ2v) is 4.81. The Morgan fingerprint density at radius 1 is 1.35 bits per heavy atom. The van der Waals surface area contributed by atoms with Gasteiger partial charge in [0.2, 0.25) is 0 Å². The summed E-state index contributed by atoms with van der Waals surface area (Å²) in [5, 5.41) is 4.24. The Bertz CT molecular complexity index is 475. The number of nitrogens with zero attached hydrogens (tertiary/aromatic N) is 2. The summed E-state index contributed by atoms with van der Waals surface area (Å²) >= 11 is 0. The number of hydrogen-bond acceptors (Lipinski definition) is 3. The third kappa shape index (κ3) is 1.84. The molecule has 0 amide bonds. The number of aromatic nitrogens is 2. The van der Waals surface area contributed by atoms with E-state index in [4.69, 9.17) is 10.5 Å². The number of allylic oxidation sites excluding steroid dienone is 3. The van der Waals surface area contributed by atoms with Crippen molar-refractivity contribution in [2.24, 2.45) is 18.9 Å². The SMILES string of the molecule is Cn1cc(N)c(O[C@@H]2CC[C@@H]3C=CC=C[C@H]32)n1. The number of nitrogen functional groups attached to an aromatic ring is 1. The molecule has 0 aromatic carbocycles. The van der Waals surface area contributed by atoms with Crippen molar-refractivity contribution in [2.45, 2.75) is 18.9 Å². The zero-order chi connectivity index (χ0) is 11.8. The van der Waals surface area contributed by atoms with Gasteiger partial charge in [0, 0.05) is 13.0 Å². The van der Waals surface area contributed by atoms with Gasteiger partial charge in [-0.15, -0.1) is 5.10 Å². The van der Waals surface area contributed by atoms with E-state index in [9.17, 15) is 0 Å². The number of anilines is 1. The molecule has 1 fully saturated rings. The van der Waals surface area contributed by atoms with E-state index in [0.717, 1.165) is 6.42 Å². The maximum absolute atomic E-state index is 5.95. The molecule has 2 N–H and O–H groups in total. The molecule has 4 nitrogen and oxygen atoms in total. The molecule has 2 aliphatic rings.